The lowest BCUT2D eigenvalue weighted by Crippen LogP contribution is -2.39. The molecule has 2 heterocycles. The van der Waals surface area contributed by atoms with E-state index in [1.807, 2.05) is 19.1 Å². The largest absolute Gasteiger partial charge is 0.481 e. The summed E-state index contributed by atoms with van der Waals surface area (Å²) in [6, 6.07) is 8.19. The number of aryl methyl sites for hydroxylation is 1. The molecule has 0 saturated heterocycles. The van der Waals surface area contributed by atoms with Gasteiger partial charge in [0.25, 0.3) is 5.91 Å². The maximum Gasteiger partial charge on any atom is 0.303 e. The third-order valence-electron chi connectivity index (χ3n) is 6.39. The number of nitrogen functional groups attached to an aromatic ring is 1. The molecule has 1 saturated carbocycles. The lowest BCUT2D eigenvalue weighted by atomic mass is 9.77. The molecule has 0 atom stereocenters. The first-order valence-corrected chi connectivity index (χ1v) is 10.7. The zero-order chi connectivity index (χ0) is 21.3. The van der Waals surface area contributed by atoms with Gasteiger partial charge in [0.1, 0.15) is 17.2 Å². The van der Waals surface area contributed by atoms with Gasteiger partial charge in [-0.2, -0.15) is 0 Å². The number of carbonyl (C=O) groups is 2. The molecule has 1 aromatic heterocycles. The fraction of sp³-hybridized carbons (Fsp3) is 0.478. The van der Waals surface area contributed by atoms with Crippen LogP contribution < -0.4 is 10.6 Å². The molecule has 7 heteroatoms. The normalized spacial score (nSPS) is 21.4. The quantitative estimate of drug-likeness (QED) is 0.783. The summed E-state index contributed by atoms with van der Waals surface area (Å²) in [5, 5.41) is 8.98. The molecule has 1 fully saturated rings. The lowest BCUT2D eigenvalue weighted by molar-refractivity contribution is -0.138. The van der Waals surface area contributed by atoms with Crippen LogP contribution in [0.5, 0.6) is 0 Å². The van der Waals surface area contributed by atoms with E-state index in [0.717, 1.165) is 37.1 Å². The van der Waals surface area contributed by atoms with Gasteiger partial charge in [-0.1, -0.05) is 19.1 Å². The van der Waals surface area contributed by atoms with Gasteiger partial charge >= 0.3 is 5.97 Å². The summed E-state index contributed by atoms with van der Waals surface area (Å²) in [7, 11) is 0. The molecule has 0 radical (unpaired) electrons. The molecule has 4 rings (SSSR count). The Morgan fingerprint density at radius 2 is 1.87 bits per heavy atom. The van der Waals surface area contributed by atoms with Gasteiger partial charge in [0.2, 0.25) is 0 Å². The number of carbonyl (C=O) groups excluding carboxylic acids is 1. The molecule has 1 aliphatic carbocycles. The summed E-state index contributed by atoms with van der Waals surface area (Å²) < 4.78 is 0. The zero-order valence-corrected chi connectivity index (χ0v) is 17.3. The average Bonchev–Trinajstić information content (AvgIpc) is 2.74. The van der Waals surface area contributed by atoms with E-state index in [-0.39, 0.29) is 18.1 Å². The minimum absolute atomic E-state index is 0.140. The van der Waals surface area contributed by atoms with Gasteiger partial charge in [-0.25, -0.2) is 9.97 Å². The number of carboxylic acid groups (broad SMARTS) is 1. The number of anilines is 2. The van der Waals surface area contributed by atoms with Crippen molar-refractivity contribution in [3.63, 3.8) is 0 Å². The Morgan fingerprint density at radius 1 is 1.17 bits per heavy atom. The van der Waals surface area contributed by atoms with Gasteiger partial charge in [0.15, 0.2) is 0 Å². The van der Waals surface area contributed by atoms with Crippen molar-refractivity contribution in [2.75, 3.05) is 17.2 Å². The van der Waals surface area contributed by atoms with Crippen LogP contribution in [0.1, 0.15) is 72.4 Å². The van der Waals surface area contributed by atoms with Crippen molar-refractivity contribution in [2.24, 2.45) is 5.92 Å². The first-order valence-electron chi connectivity index (χ1n) is 10.7. The Hall–Kier alpha value is -2.96. The number of hydrogen-bond acceptors (Lipinski definition) is 5. The molecule has 1 amide bonds. The van der Waals surface area contributed by atoms with Crippen LogP contribution in [0, 0.1) is 5.92 Å². The summed E-state index contributed by atoms with van der Waals surface area (Å²) in [6.07, 6.45) is 5.57. The van der Waals surface area contributed by atoms with Crippen LogP contribution in [-0.4, -0.2) is 33.5 Å². The highest BCUT2D eigenvalue weighted by atomic mass is 16.4. The summed E-state index contributed by atoms with van der Waals surface area (Å²) in [5.74, 6) is 0.852. The van der Waals surface area contributed by atoms with Crippen molar-refractivity contribution in [2.45, 2.75) is 57.8 Å². The average molecular weight is 409 g/mol. The van der Waals surface area contributed by atoms with Gasteiger partial charge < -0.3 is 15.7 Å². The molecule has 0 bridgehead atoms. The number of aromatic nitrogens is 2. The molecule has 0 spiro atoms. The molecule has 1 aliphatic heterocycles. The molecule has 1 aromatic carbocycles. The Balaban J connectivity index is 1.46. The van der Waals surface area contributed by atoms with Gasteiger partial charge in [0.05, 0.1) is 5.69 Å². The van der Waals surface area contributed by atoms with Crippen molar-refractivity contribution in [1.82, 2.24) is 9.97 Å². The second-order valence-corrected chi connectivity index (χ2v) is 8.31. The third-order valence-corrected chi connectivity index (χ3v) is 6.39. The smallest absolute Gasteiger partial charge is 0.303 e. The van der Waals surface area contributed by atoms with Crippen LogP contribution >= 0.6 is 0 Å². The molecule has 0 unspecified atom stereocenters. The fourth-order valence-corrected chi connectivity index (χ4v) is 4.73. The molecule has 2 aromatic rings. The molecule has 7 nitrogen and oxygen atoms in total. The summed E-state index contributed by atoms with van der Waals surface area (Å²) in [6.45, 7) is 2.55. The van der Waals surface area contributed by atoms with Gasteiger partial charge in [-0.05, 0) is 55.2 Å². The minimum atomic E-state index is -0.701. The Kier molecular flexibility index (Phi) is 5.70. The van der Waals surface area contributed by atoms with Crippen molar-refractivity contribution < 1.29 is 14.7 Å². The maximum atomic E-state index is 13.1. The molecule has 2 aliphatic rings. The molecular weight excluding hydrogens is 380 g/mol. The highest BCUT2D eigenvalue weighted by molar-refractivity contribution is 6.10. The number of aliphatic carboxylic acids is 1. The van der Waals surface area contributed by atoms with Crippen molar-refractivity contribution in [3.8, 4) is 0 Å². The summed E-state index contributed by atoms with van der Waals surface area (Å²) in [4.78, 5) is 34.5. The number of amides is 1. The first kappa shape index (κ1) is 20.3. The number of rotatable bonds is 5. The zero-order valence-electron chi connectivity index (χ0n) is 17.3. The van der Waals surface area contributed by atoms with Crippen molar-refractivity contribution in [3.05, 3.63) is 46.9 Å². The third kappa shape index (κ3) is 4.01. The number of hydrogen-bond donors (Lipinski definition) is 2. The van der Waals surface area contributed by atoms with Crippen molar-refractivity contribution >= 4 is 23.4 Å². The van der Waals surface area contributed by atoms with Crippen LogP contribution in [0.3, 0.4) is 0 Å². The SMILES string of the molecule is CCc1nc(N)c2c(n1)CCN(c1ccc(C3CCC(CC(=O)O)CC3)cc1)C2=O. The number of carboxylic acids is 1. The Morgan fingerprint density at radius 3 is 2.50 bits per heavy atom. The van der Waals surface area contributed by atoms with E-state index < -0.39 is 5.97 Å². The van der Waals surface area contributed by atoms with E-state index in [1.54, 1.807) is 4.90 Å². The van der Waals surface area contributed by atoms with Gasteiger partial charge in [-0.3, -0.25) is 9.59 Å². The van der Waals surface area contributed by atoms with E-state index in [2.05, 4.69) is 22.1 Å². The maximum absolute atomic E-state index is 13.1. The molecule has 30 heavy (non-hydrogen) atoms. The summed E-state index contributed by atoms with van der Waals surface area (Å²) in [5.41, 5.74) is 9.36. The minimum Gasteiger partial charge on any atom is -0.481 e. The molecule has 158 valence electrons. The second-order valence-electron chi connectivity index (χ2n) is 8.31. The Labute approximate surface area is 176 Å². The Bertz CT molecular complexity index is 950. The van der Waals surface area contributed by atoms with Gasteiger partial charge in [0, 0.05) is 31.5 Å². The topological polar surface area (TPSA) is 109 Å². The standard InChI is InChI=1S/C23H28N4O3/c1-2-19-25-18-11-12-27(23(30)21(18)22(24)26-19)17-9-7-16(8-10-17)15-5-3-14(4-6-15)13-20(28)29/h7-10,14-15H,2-6,11-13H2,1H3,(H,28,29)(H2,24,25,26). The molecular formula is C23H28N4O3. The van der Waals surface area contributed by atoms with E-state index in [9.17, 15) is 9.59 Å². The number of fused-ring (bicyclic) bond motifs is 1. The monoisotopic (exact) mass is 408 g/mol. The second kappa shape index (κ2) is 8.42. The lowest BCUT2D eigenvalue weighted by Gasteiger charge is -2.30. The van der Waals surface area contributed by atoms with Crippen LogP contribution in [0.2, 0.25) is 0 Å². The van der Waals surface area contributed by atoms with Crippen LogP contribution in [-0.2, 0) is 17.6 Å². The first-order chi connectivity index (χ1) is 14.5. The van der Waals surface area contributed by atoms with E-state index in [4.69, 9.17) is 10.8 Å². The number of benzene rings is 1. The van der Waals surface area contributed by atoms with E-state index in [0.29, 0.717) is 42.6 Å². The van der Waals surface area contributed by atoms with E-state index >= 15 is 0 Å². The van der Waals surface area contributed by atoms with Crippen LogP contribution in [0.25, 0.3) is 0 Å². The van der Waals surface area contributed by atoms with Crippen LogP contribution in [0.4, 0.5) is 11.5 Å². The van der Waals surface area contributed by atoms with E-state index in [1.165, 1.54) is 5.56 Å². The highest BCUT2D eigenvalue weighted by Crippen LogP contribution is 2.38. The van der Waals surface area contributed by atoms with Crippen molar-refractivity contribution in [1.29, 1.82) is 0 Å². The molecule has 3 N–H and O–H groups in total. The number of nitrogens with two attached hydrogens (primary N) is 1. The van der Waals surface area contributed by atoms with Gasteiger partial charge in [-0.15, -0.1) is 0 Å². The predicted molar refractivity (Wildman–Crippen MR) is 115 cm³/mol. The summed E-state index contributed by atoms with van der Waals surface area (Å²) >= 11 is 0. The predicted octanol–water partition coefficient (Wildman–Crippen LogP) is 3.57. The van der Waals surface area contributed by atoms with Crippen LogP contribution in [0.15, 0.2) is 24.3 Å². The highest BCUT2D eigenvalue weighted by Gasteiger charge is 2.30. The number of nitrogens with zero attached hydrogens (tertiary/aromatic N) is 3. The fourth-order valence-electron chi connectivity index (χ4n) is 4.73.